The Morgan fingerprint density at radius 2 is 1.35 bits per heavy atom. The van der Waals surface area contributed by atoms with Crippen LogP contribution in [0.2, 0.25) is 10.4 Å². The lowest BCUT2D eigenvalue weighted by atomic mass is 9.83. The van der Waals surface area contributed by atoms with E-state index in [-0.39, 0.29) is 10.4 Å². The Kier molecular flexibility index (Phi) is 4.11. The molecule has 130 valence electrons. The first-order valence-corrected chi connectivity index (χ1v) is 8.98. The summed E-state index contributed by atoms with van der Waals surface area (Å²) < 4.78 is 0. The molecule has 0 saturated heterocycles. The number of halogens is 2. The smallest absolute Gasteiger partial charge is 0.224 e. The van der Waals surface area contributed by atoms with Crippen LogP contribution in [0.15, 0.2) is 54.6 Å². The quantitative estimate of drug-likeness (QED) is 0.263. The minimum Gasteiger partial charge on any atom is -0.386 e. The molecule has 0 amide bonds. The molecule has 3 nitrogen and oxygen atoms in total. The summed E-state index contributed by atoms with van der Waals surface area (Å²) in [5, 5.41) is 15.5. The van der Waals surface area contributed by atoms with Gasteiger partial charge in [-0.2, -0.15) is 0 Å². The molecule has 3 aromatic carbocycles. The maximum Gasteiger partial charge on any atom is 0.224 e. The van der Waals surface area contributed by atoms with Gasteiger partial charge in [-0.05, 0) is 47.0 Å². The summed E-state index contributed by atoms with van der Waals surface area (Å²) in [6.07, 6.45) is 0. The van der Waals surface area contributed by atoms with Crippen molar-refractivity contribution < 1.29 is 5.11 Å². The van der Waals surface area contributed by atoms with Gasteiger partial charge in [0, 0.05) is 17.2 Å². The van der Waals surface area contributed by atoms with Gasteiger partial charge in [-0.1, -0.05) is 60.1 Å². The molecule has 0 radical (unpaired) electrons. The second kappa shape index (κ2) is 6.20. The highest BCUT2D eigenvalue weighted by Crippen LogP contribution is 2.43. The molecule has 0 fully saturated rings. The SMILES string of the molecule is CC(C)(O)c1c(-c2cc(Cl)nc(Cl)n2)c2ccccc2c2ccccc12. The van der Waals surface area contributed by atoms with Crippen molar-refractivity contribution in [3.8, 4) is 11.3 Å². The number of nitrogens with zero attached hydrogens (tertiary/aromatic N) is 2. The largest absolute Gasteiger partial charge is 0.386 e. The first kappa shape index (κ1) is 17.2. The number of rotatable bonds is 2. The molecule has 26 heavy (non-hydrogen) atoms. The predicted molar refractivity (Wildman–Crippen MR) is 108 cm³/mol. The number of hydrogen-bond donors (Lipinski definition) is 1. The van der Waals surface area contributed by atoms with E-state index in [0.29, 0.717) is 5.69 Å². The molecule has 0 unspecified atom stereocenters. The van der Waals surface area contributed by atoms with E-state index in [0.717, 1.165) is 32.7 Å². The molecule has 1 aromatic heterocycles. The van der Waals surface area contributed by atoms with Gasteiger partial charge in [0.1, 0.15) is 5.15 Å². The predicted octanol–water partition coefficient (Wildman–Crippen LogP) is 5.98. The Hall–Kier alpha value is -2.20. The summed E-state index contributed by atoms with van der Waals surface area (Å²) in [6.45, 7) is 3.55. The van der Waals surface area contributed by atoms with E-state index in [9.17, 15) is 5.11 Å². The molecular weight excluding hydrogens is 367 g/mol. The van der Waals surface area contributed by atoms with E-state index in [1.54, 1.807) is 19.9 Å². The van der Waals surface area contributed by atoms with Gasteiger partial charge < -0.3 is 5.11 Å². The normalized spacial score (nSPS) is 12.0. The lowest BCUT2D eigenvalue weighted by molar-refractivity contribution is 0.0808. The molecule has 0 aliphatic carbocycles. The van der Waals surface area contributed by atoms with Gasteiger partial charge >= 0.3 is 0 Å². The number of benzene rings is 3. The van der Waals surface area contributed by atoms with E-state index < -0.39 is 5.60 Å². The van der Waals surface area contributed by atoms with Gasteiger partial charge in [-0.25, -0.2) is 9.97 Å². The van der Waals surface area contributed by atoms with Crippen LogP contribution in [0, 0.1) is 0 Å². The van der Waals surface area contributed by atoms with Crippen molar-refractivity contribution in [1.29, 1.82) is 0 Å². The molecule has 1 N–H and O–H groups in total. The number of fused-ring (bicyclic) bond motifs is 3. The summed E-state index contributed by atoms with van der Waals surface area (Å²) >= 11 is 12.2. The van der Waals surface area contributed by atoms with Crippen LogP contribution in [-0.2, 0) is 5.60 Å². The molecule has 0 atom stereocenters. The fourth-order valence-corrected chi connectivity index (χ4v) is 3.97. The van der Waals surface area contributed by atoms with Gasteiger partial charge in [0.05, 0.1) is 11.3 Å². The molecule has 0 bridgehead atoms. The molecule has 1 heterocycles. The fourth-order valence-electron chi connectivity index (χ4n) is 3.56. The van der Waals surface area contributed by atoms with E-state index >= 15 is 0 Å². The minimum absolute atomic E-state index is 0.0754. The van der Waals surface area contributed by atoms with Crippen LogP contribution >= 0.6 is 23.2 Å². The van der Waals surface area contributed by atoms with Crippen LogP contribution < -0.4 is 0 Å². The summed E-state index contributed by atoms with van der Waals surface area (Å²) in [5.74, 6) is 0. The third kappa shape index (κ3) is 2.82. The van der Waals surface area contributed by atoms with Crippen molar-refractivity contribution in [1.82, 2.24) is 9.97 Å². The van der Waals surface area contributed by atoms with Gasteiger partial charge in [0.2, 0.25) is 5.28 Å². The summed E-state index contributed by atoms with van der Waals surface area (Å²) in [7, 11) is 0. The zero-order valence-corrected chi connectivity index (χ0v) is 15.8. The Bertz CT molecular complexity index is 1130. The van der Waals surface area contributed by atoms with E-state index in [2.05, 4.69) is 22.1 Å². The molecule has 5 heteroatoms. The number of aliphatic hydroxyl groups is 1. The standard InChI is InChI=1S/C21H16Cl2N2O/c1-21(2,26)19-15-10-6-4-8-13(15)12-7-3-5-9-14(12)18(19)16-11-17(22)25-20(23)24-16/h3-11,26H,1-2H3. The van der Waals surface area contributed by atoms with Crippen molar-refractivity contribution in [2.24, 2.45) is 0 Å². The Labute approximate surface area is 161 Å². The Morgan fingerprint density at radius 3 is 1.92 bits per heavy atom. The topological polar surface area (TPSA) is 46.0 Å². The summed E-state index contributed by atoms with van der Waals surface area (Å²) in [6, 6.07) is 17.8. The highest BCUT2D eigenvalue weighted by molar-refractivity contribution is 6.32. The van der Waals surface area contributed by atoms with Crippen LogP contribution in [0.4, 0.5) is 0 Å². The van der Waals surface area contributed by atoms with E-state index in [1.165, 1.54) is 0 Å². The van der Waals surface area contributed by atoms with Crippen LogP contribution in [0.3, 0.4) is 0 Å². The third-order valence-electron chi connectivity index (χ3n) is 4.47. The number of hydrogen-bond acceptors (Lipinski definition) is 3. The van der Waals surface area contributed by atoms with Crippen LogP contribution in [0.5, 0.6) is 0 Å². The summed E-state index contributed by atoms with van der Waals surface area (Å²) in [5.41, 5.74) is 1.10. The van der Waals surface area contributed by atoms with E-state index in [4.69, 9.17) is 23.2 Å². The van der Waals surface area contributed by atoms with Crippen LogP contribution in [0.25, 0.3) is 32.8 Å². The Morgan fingerprint density at radius 1 is 0.808 bits per heavy atom. The fraction of sp³-hybridized carbons (Fsp3) is 0.143. The van der Waals surface area contributed by atoms with Crippen molar-refractivity contribution in [3.05, 3.63) is 70.6 Å². The average Bonchev–Trinajstić information content (AvgIpc) is 2.58. The molecule has 0 aliphatic rings. The molecule has 0 saturated carbocycles. The Balaban J connectivity index is 2.29. The van der Waals surface area contributed by atoms with Gasteiger partial charge in [0.25, 0.3) is 0 Å². The monoisotopic (exact) mass is 382 g/mol. The lowest BCUT2D eigenvalue weighted by Crippen LogP contribution is -2.18. The first-order valence-electron chi connectivity index (χ1n) is 8.23. The maximum atomic E-state index is 11.0. The van der Waals surface area contributed by atoms with Crippen molar-refractivity contribution in [2.75, 3.05) is 0 Å². The highest BCUT2D eigenvalue weighted by atomic mass is 35.5. The average molecular weight is 383 g/mol. The zero-order chi connectivity index (χ0) is 18.5. The molecule has 0 aliphatic heterocycles. The third-order valence-corrected chi connectivity index (χ3v) is 4.83. The van der Waals surface area contributed by atoms with E-state index in [1.807, 2.05) is 36.4 Å². The highest BCUT2D eigenvalue weighted by Gasteiger charge is 2.27. The van der Waals surface area contributed by atoms with Gasteiger partial charge in [0.15, 0.2) is 0 Å². The van der Waals surface area contributed by atoms with Crippen molar-refractivity contribution >= 4 is 44.7 Å². The zero-order valence-electron chi connectivity index (χ0n) is 14.3. The van der Waals surface area contributed by atoms with Crippen molar-refractivity contribution in [2.45, 2.75) is 19.4 Å². The van der Waals surface area contributed by atoms with Crippen LogP contribution in [0.1, 0.15) is 19.4 Å². The van der Waals surface area contributed by atoms with Crippen molar-refractivity contribution in [3.63, 3.8) is 0 Å². The van der Waals surface area contributed by atoms with Gasteiger partial charge in [-0.15, -0.1) is 0 Å². The van der Waals surface area contributed by atoms with Gasteiger partial charge in [-0.3, -0.25) is 0 Å². The molecule has 4 rings (SSSR count). The first-order chi connectivity index (χ1) is 12.4. The minimum atomic E-state index is -1.09. The second-order valence-electron chi connectivity index (χ2n) is 6.75. The number of aromatic nitrogens is 2. The molecular formula is C21H16Cl2N2O. The lowest BCUT2D eigenvalue weighted by Gasteiger charge is -2.26. The maximum absolute atomic E-state index is 11.0. The molecule has 4 aromatic rings. The molecule has 0 spiro atoms. The second-order valence-corrected chi connectivity index (χ2v) is 7.47. The summed E-state index contributed by atoms with van der Waals surface area (Å²) in [4.78, 5) is 8.35. The van der Waals surface area contributed by atoms with Crippen LogP contribution in [-0.4, -0.2) is 15.1 Å².